The number of benzene rings is 1. The van der Waals surface area contributed by atoms with Gasteiger partial charge in [-0.25, -0.2) is 9.59 Å². The molecule has 0 heterocycles. The summed E-state index contributed by atoms with van der Waals surface area (Å²) in [6.45, 7) is 18.0. The van der Waals surface area contributed by atoms with E-state index >= 15 is 0 Å². The number of aliphatic hydroxyl groups is 1. The van der Waals surface area contributed by atoms with E-state index in [2.05, 4.69) is 38.3 Å². The standard InChI is InChI=1S/C11H20O2.C8H8.C5H8O3.C5H8O2/c1-4-7-8-10(5-2)9-13-11(12)6-3;1-2-8-6-4-3-5-7-8;1-2-5(7)8-4-3-6;1-3-4(2)5(6)7/h6,10H,3-5,7-9H2,1-2H3;2-7H,1H2;2,6H,1,3-4H2;3H,1-2H3,(H,6,7)/p-1/b;;;4-3+. The van der Waals surface area contributed by atoms with Crippen molar-refractivity contribution in [1.29, 1.82) is 0 Å². The second kappa shape index (κ2) is 27.8. The Morgan fingerprint density at radius 2 is 1.58 bits per heavy atom. The number of aliphatic hydroxyl groups excluding tert-OH is 1. The zero-order valence-corrected chi connectivity index (χ0v) is 22.2. The molecule has 0 spiro atoms. The van der Waals surface area contributed by atoms with Gasteiger partial charge < -0.3 is 24.5 Å². The van der Waals surface area contributed by atoms with E-state index < -0.39 is 11.9 Å². The molecular weight excluding hydrogens is 460 g/mol. The third-order valence-corrected chi connectivity index (χ3v) is 4.46. The van der Waals surface area contributed by atoms with E-state index in [4.69, 9.17) is 9.84 Å². The Morgan fingerprint density at radius 3 is 1.92 bits per heavy atom. The van der Waals surface area contributed by atoms with Gasteiger partial charge in [0.1, 0.15) is 6.61 Å². The maximum atomic E-state index is 10.8. The van der Waals surface area contributed by atoms with Crippen LogP contribution in [0.5, 0.6) is 0 Å². The largest absolute Gasteiger partial charge is 0.545 e. The van der Waals surface area contributed by atoms with Gasteiger partial charge in [-0.15, -0.1) is 0 Å². The maximum absolute atomic E-state index is 10.8. The number of rotatable bonds is 12. The second-order valence-electron chi connectivity index (χ2n) is 7.22. The molecule has 0 saturated carbocycles. The Kier molecular flexibility index (Phi) is 28.6. The van der Waals surface area contributed by atoms with E-state index in [-0.39, 0.29) is 24.8 Å². The molecule has 1 aromatic rings. The smallest absolute Gasteiger partial charge is 0.330 e. The van der Waals surface area contributed by atoms with Gasteiger partial charge in [0.2, 0.25) is 0 Å². The molecule has 0 amide bonds. The van der Waals surface area contributed by atoms with E-state index in [1.807, 2.05) is 36.4 Å². The van der Waals surface area contributed by atoms with Crippen LogP contribution in [0.25, 0.3) is 6.08 Å². The number of carbonyl (C=O) groups excluding carboxylic acids is 3. The molecule has 202 valence electrons. The van der Waals surface area contributed by atoms with Crippen molar-refractivity contribution >= 4 is 24.0 Å². The highest BCUT2D eigenvalue weighted by molar-refractivity contribution is 5.83. The van der Waals surface area contributed by atoms with Crippen molar-refractivity contribution in [2.45, 2.75) is 53.4 Å². The van der Waals surface area contributed by atoms with E-state index in [1.165, 1.54) is 37.5 Å². The zero-order valence-electron chi connectivity index (χ0n) is 22.2. The average Bonchev–Trinajstić information content (AvgIpc) is 2.92. The van der Waals surface area contributed by atoms with Crippen molar-refractivity contribution < 1.29 is 34.1 Å². The minimum Gasteiger partial charge on any atom is -0.545 e. The summed E-state index contributed by atoms with van der Waals surface area (Å²) in [5.41, 5.74) is 1.45. The molecule has 7 nitrogen and oxygen atoms in total. The SMILES string of the molecule is C/C=C(\C)C(=O)[O-].C=CC(=O)OCC(CC)CCCC.C=CC(=O)OCCO.C=Cc1ccccc1. The van der Waals surface area contributed by atoms with Crippen LogP contribution in [0.3, 0.4) is 0 Å². The molecule has 7 heteroatoms. The fourth-order valence-corrected chi connectivity index (χ4v) is 2.07. The third-order valence-electron chi connectivity index (χ3n) is 4.46. The molecule has 0 fully saturated rings. The Labute approximate surface area is 216 Å². The van der Waals surface area contributed by atoms with Crippen molar-refractivity contribution in [2.75, 3.05) is 19.8 Å². The summed E-state index contributed by atoms with van der Waals surface area (Å²) >= 11 is 0. The van der Waals surface area contributed by atoms with Gasteiger partial charge in [-0.05, 0) is 37.3 Å². The fraction of sp³-hybridized carbons (Fsp3) is 0.414. The highest BCUT2D eigenvalue weighted by Crippen LogP contribution is 2.12. The number of esters is 2. The lowest BCUT2D eigenvalue weighted by atomic mass is 10.0. The normalized spacial score (nSPS) is 10.3. The quantitative estimate of drug-likeness (QED) is 0.326. The molecule has 1 N–H and O–H groups in total. The molecule has 0 aromatic heterocycles. The molecule has 1 aromatic carbocycles. The number of allylic oxidation sites excluding steroid dienone is 1. The number of unbranched alkanes of at least 4 members (excludes halogenated alkanes) is 1. The molecular formula is C29H43O7-. The van der Waals surface area contributed by atoms with Gasteiger partial charge in [-0.1, -0.05) is 95.3 Å². The van der Waals surface area contributed by atoms with Gasteiger partial charge >= 0.3 is 11.9 Å². The lowest BCUT2D eigenvalue weighted by Gasteiger charge is -2.13. The summed E-state index contributed by atoms with van der Waals surface area (Å²) in [4.78, 5) is 30.6. The number of carboxylic acids is 1. The van der Waals surface area contributed by atoms with Crippen LogP contribution in [-0.2, 0) is 23.9 Å². The molecule has 0 aliphatic rings. The zero-order chi connectivity index (χ0) is 28.2. The number of aliphatic carboxylic acids is 1. The first kappa shape index (κ1) is 37.1. The van der Waals surface area contributed by atoms with Crippen LogP contribution in [0.15, 0.2) is 73.9 Å². The van der Waals surface area contributed by atoms with Crippen LogP contribution in [-0.4, -0.2) is 42.8 Å². The Hall–Kier alpha value is -3.45. The molecule has 0 radical (unpaired) electrons. The summed E-state index contributed by atoms with van der Waals surface area (Å²) in [5, 5.41) is 17.9. The predicted molar refractivity (Wildman–Crippen MR) is 144 cm³/mol. The third kappa shape index (κ3) is 26.8. The van der Waals surface area contributed by atoms with Crippen LogP contribution in [0, 0.1) is 5.92 Å². The minimum absolute atomic E-state index is 0.0465. The Morgan fingerprint density at radius 1 is 1.03 bits per heavy atom. The van der Waals surface area contributed by atoms with Crippen molar-refractivity contribution in [3.63, 3.8) is 0 Å². The molecule has 1 rings (SSSR count). The first-order valence-corrected chi connectivity index (χ1v) is 11.9. The molecule has 0 aliphatic carbocycles. The molecule has 1 atom stereocenters. The number of carbonyl (C=O) groups is 3. The van der Waals surface area contributed by atoms with Crippen molar-refractivity contribution in [3.8, 4) is 0 Å². The molecule has 36 heavy (non-hydrogen) atoms. The molecule has 1 unspecified atom stereocenters. The van der Waals surface area contributed by atoms with Gasteiger partial charge in [-0.3, -0.25) is 0 Å². The highest BCUT2D eigenvalue weighted by atomic mass is 16.5. The maximum Gasteiger partial charge on any atom is 0.330 e. The van der Waals surface area contributed by atoms with Crippen LogP contribution < -0.4 is 5.11 Å². The molecule has 0 saturated heterocycles. The van der Waals surface area contributed by atoms with E-state index in [1.54, 1.807) is 6.92 Å². The fourth-order valence-electron chi connectivity index (χ4n) is 2.07. The lowest BCUT2D eigenvalue weighted by Crippen LogP contribution is -2.22. The van der Waals surface area contributed by atoms with E-state index in [0.29, 0.717) is 12.5 Å². The van der Waals surface area contributed by atoms with E-state index in [9.17, 15) is 19.5 Å². The first-order chi connectivity index (χ1) is 17.2. The van der Waals surface area contributed by atoms with Crippen molar-refractivity contribution in [2.24, 2.45) is 5.92 Å². The van der Waals surface area contributed by atoms with E-state index in [0.717, 1.165) is 18.9 Å². The van der Waals surface area contributed by atoms with Crippen LogP contribution >= 0.6 is 0 Å². The van der Waals surface area contributed by atoms with Gasteiger partial charge in [0, 0.05) is 12.2 Å². The van der Waals surface area contributed by atoms with Crippen molar-refractivity contribution in [1.82, 2.24) is 0 Å². The average molecular weight is 504 g/mol. The van der Waals surface area contributed by atoms with Crippen LogP contribution in [0.1, 0.15) is 58.9 Å². The summed E-state index contributed by atoms with van der Waals surface area (Å²) in [5.74, 6) is -1.39. The molecule has 0 aliphatic heterocycles. The van der Waals surface area contributed by atoms with Gasteiger partial charge in [0.15, 0.2) is 0 Å². The number of hydrogen-bond acceptors (Lipinski definition) is 7. The number of carboxylic acid groups (broad SMARTS) is 1. The number of ether oxygens (including phenoxy) is 2. The lowest BCUT2D eigenvalue weighted by molar-refractivity contribution is -0.299. The Bertz CT molecular complexity index is 767. The highest BCUT2D eigenvalue weighted by Gasteiger charge is 2.07. The molecule has 0 bridgehead atoms. The summed E-state index contributed by atoms with van der Waals surface area (Å²) < 4.78 is 9.32. The monoisotopic (exact) mass is 503 g/mol. The Balaban J connectivity index is -0.000000417. The van der Waals surface area contributed by atoms with Crippen LogP contribution in [0.4, 0.5) is 0 Å². The van der Waals surface area contributed by atoms with Crippen molar-refractivity contribution in [3.05, 3.63) is 79.4 Å². The van der Waals surface area contributed by atoms with Gasteiger partial charge in [0.25, 0.3) is 0 Å². The topological polar surface area (TPSA) is 113 Å². The minimum atomic E-state index is -1.09. The first-order valence-electron chi connectivity index (χ1n) is 11.9. The summed E-state index contributed by atoms with van der Waals surface area (Å²) in [7, 11) is 0. The summed E-state index contributed by atoms with van der Waals surface area (Å²) in [6, 6.07) is 10.0. The van der Waals surface area contributed by atoms with Gasteiger partial charge in [0.05, 0.1) is 19.2 Å². The number of hydrogen-bond donors (Lipinski definition) is 1. The second-order valence-corrected chi connectivity index (χ2v) is 7.22. The summed E-state index contributed by atoms with van der Waals surface area (Å²) in [6.07, 6.45) is 10.2. The van der Waals surface area contributed by atoms with Gasteiger partial charge in [-0.2, -0.15) is 0 Å². The predicted octanol–water partition coefficient (Wildman–Crippen LogP) is 4.67. The van der Waals surface area contributed by atoms with Crippen LogP contribution in [0.2, 0.25) is 0 Å².